The van der Waals surface area contributed by atoms with Crippen molar-refractivity contribution in [1.82, 2.24) is 15.1 Å². The van der Waals surface area contributed by atoms with E-state index in [-0.39, 0.29) is 42.5 Å². The number of urea groups is 1. The Morgan fingerprint density at radius 3 is 2.59 bits per heavy atom. The third-order valence-corrected chi connectivity index (χ3v) is 5.64. The Bertz CT molecular complexity index is 816. The summed E-state index contributed by atoms with van der Waals surface area (Å²) >= 11 is 0. The highest BCUT2D eigenvalue weighted by Gasteiger charge is 2.29. The zero-order chi connectivity index (χ0) is 23.8. The molecular weight excluding hydrogens is 412 g/mol. The molecular formula is C23H36N4O5. The summed E-state index contributed by atoms with van der Waals surface area (Å²) < 4.78 is 11.6. The van der Waals surface area contributed by atoms with Crippen LogP contribution in [0.15, 0.2) is 18.2 Å². The van der Waals surface area contributed by atoms with Crippen molar-refractivity contribution >= 4 is 23.5 Å². The molecule has 2 N–H and O–H groups in total. The van der Waals surface area contributed by atoms with Crippen molar-refractivity contribution < 1.29 is 23.9 Å². The second kappa shape index (κ2) is 11.7. The lowest BCUT2D eigenvalue weighted by Crippen LogP contribution is -2.48. The van der Waals surface area contributed by atoms with Crippen LogP contribution in [0.3, 0.4) is 0 Å². The van der Waals surface area contributed by atoms with Crippen LogP contribution < -0.4 is 15.4 Å². The van der Waals surface area contributed by atoms with Crippen LogP contribution in [0.5, 0.6) is 5.75 Å². The molecule has 0 aromatic heterocycles. The summed E-state index contributed by atoms with van der Waals surface area (Å²) in [5.74, 6) is 0.140. The molecule has 0 spiro atoms. The number of rotatable bonds is 4. The number of ether oxygens (including phenoxy) is 2. The molecule has 1 aromatic rings. The minimum atomic E-state index is -0.333. The maximum absolute atomic E-state index is 13.3. The number of hydrogen-bond acceptors (Lipinski definition) is 5. The molecule has 9 heteroatoms. The van der Waals surface area contributed by atoms with Gasteiger partial charge in [-0.2, -0.15) is 0 Å². The number of benzene rings is 1. The second-order valence-corrected chi connectivity index (χ2v) is 8.36. The SMILES string of the molecule is CCCNC(=O)Nc1ccc2c(c1)C(=O)N(C)C[C@@H](OC)[C@H](C)CN(C(C)=O)[C@@H](C)CO2. The van der Waals surface area contributed by atoms with E-state index >= 15 is 0 Å². The summed E-state index contributed by atoms with van der Waals surface area (Å²) in [5.41, 5.74) is 0.829. The lowest BCUT2D eigenvalue weighted by Gasteiger charge is -2.35. The highest BCUT2D eigenvalue weighted by Crippen LogP contribution is 2.26. The van der Waals surface area contributed by atoms with Gasteiger partial charge < -0.3 is 29.9 Å². The molecule has 3 atom stereocenters. The molecule has 0 unspecified atom stereocenters. The Labute approximate surface area is 190 Å². The molecule has 0 bridgehead atoms. The first-order valence-electron chi connectivity index (χ1n) is 11.0. The Hall–Kier alpha value is -2.81. The zero-order valence-corrected chi connectivity index (χ0v) is 19.9. The normalized spacial score (nSPS) is 22.2. The predicted octanol–water partition coefficient (Wildman–Crippen LogP) is 2.57. The summed E-state index contributed by atoms with van der Waals surface area (Å²) in [4.78, 5) is 41.0. The standard InChI is InChI=1S/C23H36N4O5/c1-7-10-24-23(30)25-18-8-9-20-19(11-18)22(29)26(5)13-21(31-6)15(2)12-27(17(4)28)16(3)14-32-20/h8-9,11,15-16,21H,7,10,12-14H2,1-6H3,(H2,24,25,30)/t15-,16+,21-/m1/s1. The quantitative estimate of drug-likeness (QED) is 0.737. The summed E-state index contributed by atoms with van der Waals surface area (Å²) in [6, 6.07) is 4.45. The molecule has 0 saturated heterocycles. The van der Waals surface area contributed by atoms with Gasteiger partial charge in [0.1, 0.15) is 12.4 Å². The van der Waals surface area contributed by atoms with Gasteiger partial charge in [0.2, 0.25) is 5.91 Å². The smallest absolute Gasteiger partial charge is 0.319 e. The van der Waals surface area contributed by atoms with E-state index in [2.05, 4.69) is 10.6 Å². The van der Waals surface area contributed by atoms with Crippen LogP contribution in [0.4, 0.5) is 10.5 Å². The largest absolute Gasteiger partial charge is 0.491 e. The van der Waals surface area contributed by atoms with Crippen molar-refractivity contribution in [3.63, 3.8) is 0 Å². The third-order valence-electron chi connectivity index (χ3n) is 5.64. The van der Waals surface area contributed by atoms with E-state index in [4.69, 9.17) is 9.47 Å². The van der Waals surface area contributed by atoms with E-state index in [1.165, 1.54) is 0 Å². The first-order chi connectivity index (χ1) is 15.2. The van der Waals surface area contributed by atoms with Crippen molar-refractivity contribution in [3.8, 4) is 5.75 Å². The number of carbonyl (C=O) groups excluding carboxylic acids is 3. The fourth-order valence-corrected chi connectivity index (χ4v) is 3.71. The van der Waals surface area contributed by atoms with Crippen molar-refractivity contribution in [2.75, 3.05) is 45.7 Å². The molecule has 9 nitrogen and oxygen atoms in total. The fraction of sp³-hybridized carbons (Fsp3) is 0.609. The molecule has 1 heterocycles. The van der Waals surface area contributed by atoms with Crippen LogP contribution in [0.2, 0.25) is 0 Å². The van der Waals surface area contributed by atoms with E-state index < -0.39 is 0 Å². The maximum Gasteiger partial charge on any atom is 0.319 e. The number of likely N-dealkylation sites (N-methyl/N-ethyl adjacent to an activating group) is 1. The Morgan fingerprint density at radius 1 is 1.25 bits per heavy atom. The highest BCUT2D eigenvalue weighted by atomic mass is 16.5. The number of fused-ring (bicyclic) bond motifs is 1. The topological polar surface area (TPSA) is 100 Å². The molecule has 0 radical (unpaired) electrons. The molecule has 0 aliphatic carbocycles. The van der Waals surface area contributed by atoms with E-state index in [0.717, 1.165) is 6.42 Å². The number of carbonyl (C=O) groups is 3. The summed E-state index contributed by atoms with van der Waals surface area (Å²) in [7, 11) is 3.32. The number of hydrogen-bond donors (Lipinski definition) is 2. The van der Waals surface area contributed by atoms with Gasteiger partial charge in [-0.3, -0.25) is 9.59 Å². The molecule has 32 heavy (non-hydrogen) atoms. The van der Waals surface area contributed by atoms with Gasteiger partial charge in [0.25, 0.3) is 5.91 Å². The van der Waals surface area contributed by atoms with Gasteiger partial charge in [0.15, 0.2) is 0 Å². The van der Waals surface area contributed by atoms with Gasteiger partial charge in [-0.1, -0.05) is 13.8 Å². The first-order valence-corrected chi connectivity index (χ1v) is 11.0. The predicted molar refractivity (Wildman–Crippen MR) is 123 cm³/mol. The average Bonchev–Trinajstić information content (AvgIpc) is 2.76. The van der Waals surface area contributed by atoms with Gasteiger partial charge in [0, 0.05) is 52.3 Å². The summed E-state index contributed by atoms with van der Waals surface area (Å²) in [5, 5.41) is 5.50. The molecule has 4 amide bonds. The Balaban J connectivity index is 2.38. The Kier molecular flexibility index (Phi) is 9.31. The maximum atomic E-state index is 13.3. The third kappa shape index (κ3) is 6.59. The monoisotopic (exact) mass is 448 g/mol. The Morgan fingerprint density at radius 2 is 1.97 bits per heavy atom. The second-order valence-electron chi connectivity index (χ2n) is 8.36. The van der Waals surface area contributed by atoms with Crippen LogP contribution in [0.25, 0.3) is 0 Å². The molecule has 0 saturated carbocycles. The lowest BCUT2D eigenvalue weighted by molar-refractivity contribution is -0.133. The lowest BCUT2D eigenvalue weighted by atomic mass is 10.0. The van der Waals surface area contributed by atoms with Crippen LogP contribution >= 0.6 is 0 Å². The van der Waals surface area contributed by atoms with Gasteiger partial charge in [-0.15, -0.1) is 0 Å². The fourth-order valence-electron chi connectivity index (χ4n) is 3.71. The minimum absolute atomic E-state index is 0.00996. The van der Waals surface area contributed by atoms with Crippen molar-refractivity contribution in [1.29, 1.82) is 0 Å². The van der Waals surface area contributed by atoms with E-state index in [1.807, 2.05) is 20.8 Å². The number of nitrogens with one attached hydrogen (secondary N) is 2. The summed E-state index contributed by atoms with van der Waals surface area (Å²) in [6.07, 6.45) is 0.575. The van der Waals surface area contributed by atoms with Crippen LogP contribution in [0.1, 0.15) is 44.5 Å². The van der Waals surface area contributed by atoms with Gasteiger partial charge in [0.05, 0.1) is 17.7 Å². The van der Waals surface area contributed by atoms with E-state index in [0.29, 0.717) is 36.6 Å². The molecule has 1 aromatic carbocycles. The first kappa shape index (κ1) is 25.5. The summed E-state index contributed by atoms with van der Waals surface area (Å²) in [6.45, 7) is 9.09. The van der Waals surface area contributed by atoms with Crippen molar-refractivity contribution in [3.05, 3.63) is 23.8 Å². The van der Waals surface area contributed by atoms with Crippen LogP contribution in [0, 0.1) is 5.92 Å². The molecule has 1 aliphatic rings. The van der Waals surface area contributed by atoms with Gasteiger partial charge in [-0.05, 0) is 31.5 Å². The van der Waals surface area contributed by atoms with E-state index in [9.17, 15) is 14.4 Å². The minimum Gasteiger partial charge on any atom is -0.491 e. The number of anilines is 1. The van der Waals surface area contributed by atoms with Crippen LogP contribution in [-0.2, 0) is 9.53 Å². The van der Waals surface area contributed by atoms with Crippen molar-refractivity contribution in [2.45, 2.75) is 46.3 Å². The average molecular weight is 449 g/mol. The molecule has 2 rings (SSSR count). The van der Waals surface area contributed by atoms with Crippen LogP contribution in [-0.4, -0.2) is 80.2 Å². The number of amides is 4. The van der Waals surface area contributed by atoms with Crippen molar-refractivity contribution in [2.24, 2.45) is 5.92 Å². The van der Waals surface area contributed by atoms with Gasteiger partial charge >= 0.3 is 6.03 Å². The van der Waals surface area contributed by atoms with E-state index in [1.54, 1.807) is 49.1 Å². The molecule has 178 valence electrons. The molecule has 1 aliphatic heterocycles. The number of methoxy groups -OCH3 is 1. The molecule has 0 fully saturated rings. The van der Waals surface area contributed by atoms with Gasteiger partial charge in [-0.25, -0.2) is 4.79 Å². The highest BCUT2D eigenvalue weighted by molar-refractivity contribution is 5.99. The zero-order valence-electron chi connectivity index (χ0n) is 19.9. The number of nitrogens with zero attached hydrogens (tertiary/aromatic N) is 2.